The van der Waals surface area contributed by atoms with E-state index < -0.39 is 0 Å². The summed E-state index contributed by atoms with van der Waals surface area (Å²) in [5.74, 6) is 0.272. The largest absolute Gasteiger partial charge is 0.299 e. The Balaban J connectivity index is 2.10. The third-order valence-electron chi connectivity index (χ3n) is 3.26. The fourth-order valence-corrected chi connectivity index (χ4v) is 2.15. The molecule has 0 radical (unpaired) electrons. The van der Waals surface area contributed by atoms with E-state index in [9.17, 15) is 9.59 Å². The van der Waals surface area contributed by atoms with Crippen LogP contribution >= 0.6 is 0 Å². The van der Waals surface area contributed by atoms with Gasteiger partial charge in [0.1, 0.15) is 5.78 Å². The number of Topliss-reactive ketones (excluding diaryl/α,β-unsaturated/α-hetero) is 2. The van der Waals surface area contributed by atoms with Crippen molar-refractivity contribution in [3.05, 3.63) is 29.8 Å². The Kier molecular flexibility index (Phi) is 4.03. The van der Waals surface area contributed by atoms with Crippen LogP contribution in [0, 0.1) is 5.92 Å². The third kappa shape index (κ3) is 3.13. The first-order valence-corrected chi connectivity index (χ1v) is 6.35. The van der Waals surface area contributed by atoms with Crippen molar-refractivity contribution in [3.63, 3.8) is 0 Å². The lowest BCUT2D eigenvalue weighted by molar-refractivity contribution is -0.122. The van der Waals surface area contributed by atoms with Gasteiger partial charge in [-0.3, -0.25) is 14.6 Å². The van der Waals surface area contributed by atoms with Gasteiger partial charge in [-0.05, 0) is 31.9 Å². The molecule has 1 aromatic carbocycles. The molecular formula is C15H17NO2. The molecule has 3 nitrogen and oxygen atoms in total. The van der Waals surface area contributed by atoms with Gasteiger partial charge >= 0.3 is 0 Å². The Morgan fingerprint density at radius 2 is 2.22 bits per heavy atom. The topological polar surface area (TPSA) is 46.5 Å². The average molecular weight is 243 g/mol. The predicted molar refractivity (Wildman–Crippen MR) is 71.6 cm³/mol. The lowest BCUT2D eigenvalue weighted by Gasteiger charge is -2.15. The number of hydrogen-bond donors (Lipinski definition) is 0. The van der Waals surface area contributed by atoms with Gasteiger partial charge in [-0.1, -0.05) is 18.6 Å². The summed E-state index contributed by atoms with van der Waals surface area (Å²) in [4.78, 5) is 27.2. The molecule has 94 valence electrons. The van der Waals surface area contributed by atoms with E-state index in [0.29, 0.717) is 12.0 Å². The van der Waals surface area contributed by atoms with Gasteiger partial charge in [0, 0.05) is 18.2 Å². The van der Waals surface area contributed by atoms with Gasteiger partial charge in [0.15, 0.2) is 5.78 Å². The molecule has 0 aliphatic heterocycles. The molecule has 1 atom stereocenters. The first-order valence-electron chi connectivity index (χ1n) is 6.35. The number of carbonyl (C=O) groups excluding carboxylic acids is 2. The molecule has 2 rings (SSSR count). The van der Waals surface area contributed by atoms with Gasteiger partial charge in [0.05, 0.1) is 11.6 Å². The van der Waals surface area contributed by atoms with E-state index in [2.05, 4.69) is 4.99 Å². The monoisotopic (exact) mass is 243 g/mol. The van der Waals surface area contributed by atoms with Crippen LogP contribution in [-0.4, -0.2) is 17.8 Å². The molecule has 3 heteroatoms. The number of rotatable bonds is 3. The Morgan fingerprint density at radius 3 is 2.94 bits per heavy atom. The Labute approximate surface area is 107 Å². The summed E-state index contributed by atoms with van der Waals surface area (Å²) in [5, 5.41) is 0. The molecular weight excluding hydrogens is 226 g/mol. The summed E-state index contributed by atoms with van der Waals surface area (Å²) in [5.41, 5.74) is 1.39. The van der Waals surface area contributed by atoms with E-state index in [0.717, 1.165) is 24.9 Å². The number of benzene rings is 1. The zero-order chi connectivity index (χ0) is 13.0. The van der Waals surface area contributed by atoms with Crippen LogP contribution in [0.4, 0.5) is 5.69 Å². The van der Waals surface area contributed by atoms with Crippen LogP contribution < -0.4 is 0 Å². The molecule has 0 saturated heterocycles. The highest BCUT2D eigenvalue weighted by Crippen LogP contribution is 2.21. The quantitative estimate of drug-likeness (QED) is 0.603. The fraction of sp³-hybridized carbons (Fsp3) is 0.400. The first kappa shape index (κ1) is 12.7. The third-order valence-corrected chi connectivity index (χ3v) is 3.26. The fourth-order valence-electron chi connectivity index (χ4n) is 2.15. The second-order valence-electron chi connectivity index (χ2n) is 4.70. The van der Waals surface area contributed by atoms with Crippen molar-refractivity contribution in [2.24, 2.45) is 10.9 Å². The minimum absolute atomic E-state index is 0.0285. The number of nitrogens with zero attached hydrogens (tertiary/aromatic N) is 1. The molecule has 1 saturated carbocycles. The van der Waals surface area contributed by atoms with E-state index in [1.54, 1.807) is 18.3 Å². The zero-order valence-electron chi connectivity index (χ0n) is 10.6. The molecule has 1 fully saturated rings. The van der Waals surface area contributed by atoms with Crippen molar-refractivity contribution in [1.82, 2.24) is 0 Å². The summed E-state index contributed by atoms with van der Waals surface area (Å²) in [6.45, 7) is 1.54. The Morgan fingerprint density at radius 1 is 1.39 bits per heavy atom. The maximum atomic E-state index is 11.6. The van der Waals surface area contributed by atoms with Crippen LogP contribution in [0.2, 0.25) is 0 Å². The van der Waals surface area contributed by atoms with E-state index in [1.165, 1.54) is 6.92 Å². The summed E-state index contributed by atoms with van der Waals surface area (Å²) in [6, 6.07) is 7.18. The summed E-state index contributed by atoms with van der Waals surface area (Å²) in [7, 11) is 0. The highest BCUT2D eigenvalue weighted by Gasteiger charge is 2.19. The minimum atomic E-state index is -0.0419. The van der Waals surface area contributed by atoms with Gasteiger partial charge < -0.3 is 0 Å². The Bertz CT molecular complexity index is 491. The van der Waals surface area contributed by atoms with Crippen molar-refractivity contribution in [3.8, 4) is 0 Å². The molecule has 1 unspecified atom stereocenters. The number of aliphatic imine (C=N–C) groups is 1. The Hall–Kier alpha value is -1.77. The summed E-state index contributed by atoms with van der Waals surface area (Å²) >= 11 is 0. The minimum Gasteiger partial charge on any atom is -0.299 e. The molecule has 0 N–H and O–H groups in total. The molecule has 0 aromatic heterocycles. The van der Waals surface area contributed by atoms with Crippen LogP contribution in [0.5, 0.6) is 0 Å². The normalized spacial score (nSPS) is 20.3. The van der Waals surface area contributed by atoms with Crippen LogP contribution in [0.1, 0.15) is 43.0 Å². The SMILES string of the molecule is CC(=O)c1cccc(N=CC2CCCCC2=O)c1. The molecule has 18 heavy (non-hydrogen) atoms. The van der Waals surface area contributed by atoms with E-state index in [-0.39, 0.29) is 17.5 Å². The highest BCUT2D eigenvalue weighted by atomic mass is 16.1. The number of hydrogen-bond acceptors (Lipinski definition) is 3. The van der Waals surface area contributed by atoms with Gasteiger partial charge in [0.25, 0.3) is 0 Å². The van der Waals surface area contributed by atoms with Crippen molar-refractivity contribution < 1.29 is 9.59 Å². The van der Waals surface area contributed by atoms with Gasteiger partial charge in [-0.2, -0.15) is 0 Å². The summed E-state index contributed by atoms with van der Waals surface area (Å²) in [6.07, 6.45) is 5.40. The number of ketones is 2. The van der Waals surface area contributed by atoms with Crippen LogP contribution in [0.15, 0.2) is 29.3 Å². The standard InChI is InChI=1S/C15H17NO2/c1-11(17)12-6-4-7-14(9-12)16-10-13-5-2-3-8-15(13)18/h4,6-7,9-10,13H,2-3,5,8H2,1H3. The molecule has 0 amide bonds. The molecule has 1 aliphatic rings. The second-order valence-corrected chi connectivity index (χ2v) is 4.70. The van der Waals surface area contributed by atoms with Gasteiger partial charge in [-0.15, -0.1) is 0 Å². The number of carbonyl (C=O) groups is 2. The molecule has 1 aliphatic carbocycles. The average Bonchev–Trinajstić information content (AvgIpc) is 2.38. The predicted octanol–water partition coefficient (Wildman–Crippen LogP) is 3.35. The van der Waals surface area contributed by atoms with Crippen LogP contribution in [0.3, 0.4) is 0 Å². The van der Waals surface area contributed by atoms with Crippen molar-refractivity contribution >= 4 is 23.5 Å². The van der Waals surface area contributed by atoms with Crippen molar-refractivity contribution in [2.45, 2.75) is 32.6 Å². The van der Waals surface area contributed by atoms with Crippen LogP contribution in [0.25, 0.3) is 0 Å². The summed E-state index contributed by atoms with van der Waals surface area (Å²) < 4.78 is 0. The lowest BCUT2D eigenvalue weighted by Crippen LogP contribution is -2.19. The zero-order valence-corrected chi connectivity index (χ0v) is 10.6. The first-order chi connectivity index (χ1) is 8.66. The molecule has 0 spiro atoms. The lowest BCUT2D eigenvalue weighted by atomic mass is 9.89. The molecule has 0 bridgehead atoms. The maximum Gasteiger partial charge on any atom is 0.159 e. The van der Waals surface area contributed by atoms with E-state index >= 15 is 0 Å². The highest BCUT2D eigenvalue weighted by molar-refractivity contribution is 5.97. The van der Waals surface area contributed by atoms with Gasteiger partial charge in [-0.25, -0.2) is 0 Å². The smallest absolute Gasteiger partial charge is 0.159 e. The maximum absolute atomic E-state index is 11.6. The van der Waals surface area contributed by atoms with E-state index in [1.807, 2.05) is 12.1 Å². The van der Waals surface area contributed by atoms with Crippen molar-refractivity contribution in [1.29, 1.82) is 0 Å². The van der Waals surface area contributed by atoms with E-state index in [4.69, 9.17) is 0 Å². The molecule has 1 aromatic rings. The van der Waals surface area contributed by atoms with Crippen LogP contribution in [-0.2, 0) is 4.79 Å². The molecule has 0 heterocycles. The van der Waals surface area contributed by atoms with Gasteiger partial charge in [0.2, 0.25) is 0 Å². The second kappa shape index (κ2) is 5.71. The van der Waals surface area contributed by atoms with Crippen molar-refractivity contribution in [2.75, 3.05) is 0 Å².